The molecule has 2 fully saturated rings. The molecule has 292 valence electrons. The molecular formula is C40H50N8O7. The van der Waals surface area contributed by atoms with Gasteiger partial charge in [-0.2, -0.15) is 0 Å². The molecule has 4 heterocycles. The number of nitrogens with zero attached hydrogens (tertiary/aromatic N) is 4. The topological polar surface area (TPSA) is 195 Å². The van der Waals surface area contributed by atoms with Crippen molar-refractivity contribution >= 4 is 24.0 Å². The zero-order valence-electron chi connectivity index (χ0n) is 31.9. The van der Waals surface area contributed by atoms with E-state index in [-0.39, 0.29) is 36.4 Å². The molecule has 15 heteroatoms. The van der Waals surface area contributed by atoms with Crippen molar-refractivity contribution < 1.29 is 33.8 Å². The number of amides is 4. The van der Waals surface area contributed by atoms with Gasteiger partial charge in [0, 0.05) is 43.8 Å². The SMILES string of the molecule is CNC(=O)O[C@H](C(=O)N1CCC[C@H]1c1ncc(-c2ccc(-c3ccccc3)c(-c3cnc([C@@H]4CCCN4C(=O)[C@@H](NC(=O)OC)[C@H](C)CO)[nH]3)c2)[nH]1)C(C)C. The van der Waals surface area contributed by atoms with Crippen molar-refractivity contribution in [2.24, 2.45) is 11.8 Å². The highest BCUT2D eigenvalue weighted by Gasteiger charge is 2.40. The van der Waals surface area contributed by atoms with Gasteiger partial charge in [0.05, 0.1) is 43.0 Å². The van der Waals surface area contributed by atoms with E-state index in [1.807, 2.05) is 50.2 Å². The number of alkyl carbamates (subject to hydrolysis) is 2. The van der Waals surface area contributed by atoms with Gasteiger partial charge in [0.2, 0.25) is 5.91 Å². The second-order valence-corrected chi connectivity index (χ2v) is 14.5. The van der Waals surface area contributed by atoms with Gasteiger partial charge in [-0.15, -0.1) is 0 Å². The fourth-order valence-electron chi connectivity index (χ4n) is 7.46. The third-order valence-corrected chi connectivity index (χ3v) is 10.5. The number of aliphatic hydroxyl groups excluding tert-OH is 1. The van der Waals surface area contributed by atoms with E-state index < -0.39 is 30.3 Å². The first kappa shape index (κ1) is 39.0. The van der Waals surface area contributed by atoms with Crippen molar-refractivity contribution in [1.29, 1.82) is 0 Å². The van der Waals surface area contributed by atoms with Crippen molar-refractivity contribution in [1.82, 2.24) is 40.4 Å². The minimum absolute atomic E-state index is 0.213. The molecule has 5 N–H and O–H groups in total. The minimum Gasteiger partial charge on any atom is -0.453 e. The molecule has 2 aromatic heterocycles. The molecule has 2 aliphatic rings. The molecule has 4 aromatic rings. The second kappa shape index (κ2) is 17.2. The third-order valence-electron chi connectivity index (χ3n) is 10.5. The van der Waals surface area contributed by atoms with Crippen LogP contribution in [-0.2, 0) is 19.1 Å². The first-order chi connectivity index (χ1) is 26.5. The first-order valence-electron chi connectivity index (χ1n) is 18.8. The van der Waals surface area contributed by atoms with Gasteiger partial charge in [0.15, 0.2) is 6.10 Å². The number of aliphatic hydroxyl groups is 1. The van der Waals surface area contributed by atoms with E-state index in [1.54, 1.807) is 29.1 Å². The summed E-state index contributed by atoms with van der Waals surface area (Å²) in [6.45, 7) is 6.13. The van der Waals surface area contributed by atoms with E-state index in [0.29, 0.717) is 31.2 Å². The van der Waals surface area contributed by atoms with Crippen LogP contribution in [0, 0.1) is 11.8 Å². The van der Waals surface area contributed by atoms with Crippen LogP contribution in [0.25, 0.3) is 33.6 Å². The molecule has 4 amide bonds. The molecule has 15 nitrogen and oxygen atoms in total. The Bertz CT molecular complexity index is 1980. The maximum absolute atomic E-state index is 13.8. The first-order valence-corrected chi connectivity index (χ1v) is 18.8. The lowest BCUT2D eigenvalue weighted by atomic mass is 9.95. The molecule has 0 aliphatic carbocycles. The maximum atomic E-state index is 13.8. The normalized spacial score (nSPS) is 18.5. The van der Waals surface area contributed by atoms with Crippen molar-refractivity contribution in [2.75, 3.05) is 33.9 Å². The number of aromatic amines is 2. The number of hydrogen-bond acceptors (Lipinski definition) is 9. The van der Waals surface area contributed by atoms with Crippen LogP contribution in [0.15, 0.2) is 60.9 Å². The van der Waals surface area contributed by atoms with Gasteiger partial charge < -0.3 is 45.0 Å². The molecular weight excluding hydrogens is 704 g/mol. The number of imidazole rings is 2. The largest absolute Gasteiger partial charge is 0.453 e. The van der Waals surface area contributed by atoms with E-state index in [0.717, 1.165) is 52.9 Å². The van der Waals surface area contributed by atoms with Crippen LogP contribution in [0.2, 0.25) is 0 Å². The molecule has 0 radical (unpaired) electrons. The predicted molar refractivity (Wildman–Crippen MR) is 204 cm³/mol. The van der Waals surface area contributed by atoms with Crippen LogP contribution in [0.5, 0.6) is 0 Å². The summed E-state index contributed by atoms with van der Waals surface area (Å²) < 4.78 is 10.2. The Morgan fingerprint density at radius 1 is 0.836 bits per heavy atom. The number of likely N-dealkylation sites (tertiary alicyclic amines) is 2. The highest BCUT2D eigenvalue weighted by atomic mass is 16.6. The van der Waals surface area contributed by atoms with Gasteiger partial charge in [-0.05, 0) is 48.8 Å². The molecule has 2 saturated heterocycles. The zero-order valence-corrected chi connectivity index (χ0v) is 31.9. The number of nitrogens with one attached hydrogen (secondary N) is 4. The van der Waals surface area contributed by atoms with Gasteiger partial charge in [0.25, 0.3) is 5.91 Å². The molecule has 0 spiro atoms. The number of carbonyl (C=O) groups excluding carboxylic acids is 4. The van der Waals surface area contributed by atoms with Gasteiger partial charge in [-0.3, -0.25) is 9.59 Å². The number of H-pyrrole nitrogens is 2. The quantitative estimate of drug-likeness (QED) is 0.129. The van der Waals surface area contributed by atoms with E-state index in [4.69, 9.17) is 19.4 Å². The van der Waals surface area contributed by atoms with Gasteiger partial charge >= 0.3 is 12.2 Å². The van der Waals surface area contributed by atoms with Crippen LogP contribution in [0.1, 0.15) is 70.2 Å². The van der Waals surface area contributed by atoms with E-state index in [1.165, 1.54) is 14.2 Å². The lowest BCUT2D eigenvalue weighted by Crippen LogP contribution is -2.52. The van der Waals surface area contributed by atoms with E-state index in [2.05, 4.69) is 32.7 Å². The lowest BCUT2D eigenvalue weighted by Gasteiger charge is -2.30. The van der Waals surface area contributed by atoms with Crippen LogP contribution >= 0.6 is 0 Å². The highest BCUT2D eigenvalue weighted by Crippen LogP contribution is 2.38. The predicted octanol–water partition coefficient (Wildman–Crippen LogP) is 5.19. The Morgan fingerprint density at radius 2 is 1.45 bits per heavy atom. The summed E-state index contributed by atoms with van der Waals surface area (Å²) in [6, 6.07) is 14.6. The maximum Gasteiger partial charge on any atom is 0.407 e. The van der Waals surface area contributed by atoms with Crippen LogP contribution in [0.4, 0.5) is 9.59 Å². The Hall–Kier alpha value is -5.70. The highest BCUT2D eigenvalue weighted by molar-refractivity contribution is 5.87. The summed E-state index contributed by atoms with van der Waals surface area (Å²) in [5.41, 5.74) is 5.27. The molecule has 5 atom stereocenters. The van der Waals surface area contributed by atoms with E-state index >= 15 is 0 Å². The van der Waals surface area contributed by atoms with Crippen LogP contribution in [-0.4, -0.2) is 105 Å². The molecule has 55 heavy (non-hydrogen) atoms. The average Bonchev–Trinajstić information content (AvgIpc) is 4.05. The summed E-state index contributed by atoms with van der Waals surface area (Å²) in [7, 11) is 2.70. The number of ether oxygens (including phenoxy) is 2. The fraction of sp³-hybridized carbons (Fsp3) is 0.450. The molecule has 2 aliphatic heterocycles. The van der Waals surface area contributed by atoms with Crippen molar-refractivity contribution in [2.45, 2.75) is 70.7 Å². The summed E-state index contributed by atoms with van der Waals surface area (Å²) in [5, 5.41) is 14.9. The van der Waals surface area contributed by atoms with Crippen molar-refractivity contribution in [3.05, 3.63) is 72.6 Å². The van der Waals surface area contributed by atoms with Crippen LogP contribution < -0.4 is 10.6 Å². The minimum atomic E-state index is -0.963. The number of benzene rings is 2. The molecule has 0 bridgehead atoms. The van der Waals surface area contributed by atoms with E-state index in [9.17, 15) is 24.3 Å². The summed E-state index contributed by atoms with van der Waals surface area (Å²) >= 11 is 0. The molecule has 2 aromatic carbocycles. The Kier molecular flexibility index (Phi) is 12.2. The molecule has 6 rings (SSSR count). The second-order valence-electron chi connectivity index (χ2n) is 14.5. The fourth-order valence-corrected chi connectivity index (χ4v) is 7.46. The monoisotopic (exact) mass is 754 g/mol. The lowest BCUT2D eigenvalue weighted by molar-refractivity contribution is -0.143. The standard InChI is InChI=1S/C40H50N8O7/c1-23(2)34(55-39(52)41-4)38(51)48-18-10-14-32(48)35-42-20-29(44-35)26-15-16-27(25-11-7-6-8-12-25)28(19-26)30-21-43-36(45-30)31-13-9-17-47(31)37(50)33(24(3)22-49)46-40(53)54-5/h6-8,11-12,15-16,19-21,23-24,31-34,49H,9-10,13-14,17-18,22H2,1-5H3,(H,41,52)(H,42,44)(H,43,45)(H,46,53)/t24-,31+,32+,33+,34+/m1/s1. The molecule has 0 saturated carbocycles. The number of methoxy groups -OCH3 is 1. The zero-order chi connectivity index (χ0) is 39.2. The van der Waals surface area contributed by atoms with Gasteiger partial charge in [-0.25, -0.2) is 19.6 Å². The summed E-state index contributed by atoms with van der Waals surface area (Å²) in [5.74, 6) is -0.0252. The number of hydrogen-bond donors (Lipinski definition) is 5. The van der Waals surface area contributed by atoms with Crippen molar-refractivity contribution in [3.8, 4) is 33.6 Å². The average molecular weight is 755 g/mol. The summed E-state index contributed by atoms with van der Waals surface area (Å²) in [6.07, 6.45) is 4.18. The van der Waals surface area contributed by atoms with Gasteiger partial charge in [-0.1, -0.05) is 63.2 Å². The summed E-state index contributed by atoms with van der Waals surface area (Å²) in [4.78, 5) is 71.6. The Morgan fingerprint density at radius 3 is 2.05 bits per heavy atom. The Labute approximate surface area is 320 Å². The number of carbonyl (C=O) groups is 4. The smallest absolute Gasteiger partial charge is 0.407 e. The van der Waals surface area contributed by atoms with Crippen LogP contribution in [0.3, 0.4) is 0 Å². The number of aromatic nitrogens is 4. The van der Waals surface area contributed by atoms with Gasteiger partial charge in [0.1, 0.15) is 17.7 Å². The number of rotatable bonds is 12. The van der Waals surface area contributed by atoms with Crippen molar-refractivity contribution in [3.63, 3.8) is 0 Å². The Balaban J connectivity index is 1.30. The molecule has 0 unspecified atom stereocenters. The third kappa shape index (κ3) is 8.36.